The number of aliphatic imine (C=N–C) groups is 1. The summed E-state index contributed by atoms with van der Waals surface area (Å²) in [6, 6.07) is 8.48. The molecule has 0 aromatic heterocycles. The molecule has 1 aromatic rings. The molecule has 0 spiro atoms. The van der Waals surface area contributed by atoms with Crippen molar-refractivity contribution in [3.63, 3.8) is 0 Å². The second-order valence-electron chi connectivity index (χ2n) is 3.24. The molecule has 15 heavy (non-hydrogen) atoms. The van der Waals surface area contributed by atoms with E-state index >= 15 is 0 Å². The number of hydrogen-bond donors (Lipinski definition) is 3. The van der Waals surface area contributed by atoms with Gasteiger partial charge in [-0.05, 0) is 17.5 Å². The normalized spacial score (nSPS) is 11.3. The van der Waals surface area contributed by atoms with Gasteiger partial charge < -0.3 is 5.32 Å². The number of nitrogens with one attached hydrogen (secondary N) is 2. The van der Waals surface area contributed by atoms with Crippen molar-refractivity contribution in [3.05, 3.63) is 35.4 Å². The van der Waals surface area contributed by atoms with Crippen molar-refractivity contribution in [1.29, 1.82) is 0 Å². The third-order valence-corrected chi connectivity index (χ3v) is 2.25. The maximum atomic E-state index is 5.25. The van der Waals surface area contributed by atoms with Gasteiger partial charge in [-0.25, -0.2) is 5.84 Å². The van der Waals surface area contributed by atoms with Crippen LogP contribution in [0.1, 0.15) is 18.1 Å². The molecule has 0 heterocycles. The maximum Gasteiger partial charge on any atom is 0.205 e. The molecule has 4 nitrogen and oxygen atoms in total. The predicted octanol–water partition coefficient (Wildman–Crippen LogP) is 0.788. The lowest BCUT2D eigenvalue weighted by molar-refractivity contribution is 0.839. The molecule has 1 rings (SSSR count). The summed E-state index contributed by atoms with van der Waals surface area (Å²) in [5.41, 5.74) is 5.04. The Hall–Kier alpha value is -1.55. The Morgan fingerprint density at radius 2 is 1.87 bits per heavy atom. The largest absolute Gasteiger partial charge is 0.351 e. The molecule has 0 saturated carbocycles. The van der Waals surface area contributed by atoms with Crippen LogP contribution in [-0.2, 0) is 13.0 Å². The summed E-state index contributed by atoms with van der Waals surface area (Å²) in [6.45, 7) is 2.87. The molecule has 0 aliphatic carbocycles. The van der Waals surface area contributed by atoms with Crippen LogP contribution in [0.4, 0.5) is 0 Å². The topological polar surface area (TPSA) is 62.4 Å². The van der Waals surface area contributed by atoms with Crippen LogP contribution in [0.5, 0.6) is 0 Å². The monoisotopic (exact) mass is 206 g/mol. The summed E-state index contributed by atoms with van der Waals surface area (Å²) in [5.74, 6) is 5.84. The van der Waals surface area contributed by atoms with Crippen molar-refractivity contribution in [1.82, 2.24) is 10.7 Å². The van der Waals surface area contributed by atoms with E-state index in [9.17, 15) is 0 Å². The van der Waals surface area contributed by atoms with Gasteiger partial charge in [-0.2, -0.15) is 0 Å². The van der Waals surface area contributed by atoms with E-state index in [-0.39, 0.29) is 0 Å². The minimum absolute atomic E-state index is 0.592. The molecule has 0 amide bonds. The molecule has 0 aliphatic rings. The summed E-state index contributed by atoms with van der Waals surface area (Å²) >= 11 is 0. The standard InChI is InChI=1S/C11H18N4/c1-3-9-4-6-10(7-5-9)8-14-11(13-2)15-12/h4-7H,3,8,12H2,1-2H3,(H2,13,14,15). The number of benzene rings is 1. The molecule has 0 bridgehead atoms. The lowest BCUT2D eigenvalue weighted by Crippen LogP contribution is -2.40. The number of aryl methyl sites for hydroxylation is 1. The molecular weight excluding hydrogens is 188 g/mol. The summed E-state index contributed by atoms with van der Waals surface area (Å²) in [7, 11) is 1.68. The third kappa shape index (κ3) is 3.59. The molecule has 1 aromatic carbocycles. The number of rotatable bonds is 3. The fraction of sp³-hybridized carbons (Fsp3) is 0.364. The van der Waals surface area contributed by atoms with Gasteiger partial charge in [0, 0.05) is 13.6 Å². The average Bonchev–Trinajstić information content (AvgIpc) is 2.31. The second kappa shape index (κ2) is 6.03. The Kier molecular flexibility index (Phi) is 4.63. The smallest absolute Gasteiger partial charge is 0.205 e. The van der Waals surface area contributed by atoms with E-state index in [1.54, 1.807) is 7.05 Å². The minimum atomic E-state index is 0.592. The summed E-state index contributed by atoms with van der Waals surface area (Å²) in [4.78, 5) is 3.92. The molecule has 82 valence electrons. The molecule has 0 fully saturated rings. The molecule has 4 heteroatoms. The van der Waals surface area contributed by atoms with Crippen molar-refractivity contribution in [3.8, 4) is 0 Å². The quantitative estimate of drug-likeness (QED) is 0.296. The average molecular weight is 206 g/mol. The second-order valence-corrected chi connectivity index (χ2v) is 3.24. The highest BCUT2D eigenvalue weighted by atomic mass is 15.3. The lowest BCUT2D eigenvalue weighted by Gasteiger charge is -2.08. The highest BCUT2D eigenvalue weighted by molar-refractivity contribution is 5.78. The summed E-state index contributed by atoms with van der Waals surface area (Å²) in [5, 5.41) is 3.09. The van der Waals surface area contributed by atoms with Crippen LogP contribution in [0.15, 0.2) is 29.3 Å². The van der Waals surface area contributed by atoms with Crippen LogP contribution in [0.2, 0.25) is 0 Å². The van der Waals surface area contributed by atoms with Gasteiger partial charge in [0.2, 0.25) is 5.96 Å². The van der Waals surface area contributed by atoms with E-state index in [1.807, 2.05) is 0 Å². The van der Waals surface area contributed by atoms with Gasteiger partial charge in [0.15, 0.2) is 0 Å². The van der Waals surface area contributed by atoms with Crippen molar-refractivity contribution in [2.75, 3.05) is 7.05 Å². The molecule has 0 radical (unpaired) electrons. The van der Waals surface area contributed by atoms with E-state index < -0.39 is 0 Å². The number of hydrogen-bond acceptors (Lipinski definition) is 2. The number of nitrogens with zero attached hydrogens (tertiary/aromatic N) is 1. The minimum Gasteiger partial charge on any atom is -0.351 e. The zero-order chi connectivity index (χ0) is 11.1. The van der Waals surface area contributed by atoms with Gasteiger partial charge in [0.25, 0.3) is 0 Å². The highest BCUT2D eigenvalue weighted by Crippen LogP contribution is 2.04. The lowest BCUT2D eigenvalue weighted by atomic mass is 10.1. The van der Waals surface area contributed by atoms with E-state index in [0.29, 0.717) is 5.96 Å². The third-order valence-electron chi connectivity index (χ3n) is 2.25. The summed E-state index contributed by atoms with van der Waals surface area (Å²) in [6.07, 6.45) is 1.07. The number of nitrogens with two attached hydrogens (primary N) is 1. The fourth-order valence-corrected chi connectivity index (χ4v) is 1.27. The van der Waals surface area contributed by atoms with Crippen LogP contribution in [0.3, 0.4) is 0 Å². The van der Waals surface area contributed by atoms with Gasteiger partial charge in [0.1, 0.15) is 0 Å². The zero-order valence-corrected chi connectivity index (χ0v) is 9.25. The van der Waals surface area contributed by atoms with Gasteiger partial charge in [-0.1, -0.05) is 31.2 Å². The van der Waals surface area contributed by atoms with E-state index in [4.69, 9.17) is 5.84 Å². The predicted molar refractivity (Wildman–Crippen MR) is 63.3 cm³/mol. The Morgan fingerprint density at radius 3 is 2.33 bits per heavy atom. The molecule has 0 aliphatic heterocycles. The number of guanidine groups is 1. The summed E-state index contributed by atoms with van der Waals surface area (Å²) < 4.78 is 0. The molecular formula is C11H18N4. The Bertz CT molecular complexity index is 316. The van der Waals surface area contributed by atoms with Crippen molar-refractivity contribution in [2.24, 2.45) is 10.8 Å². The van der Waals surface area contributed by atoms with E-state index in [0.717, 1.165) is 13.0 Å². The van der Waals surface area contributed by atoms with Gasteiger partial charge >= 0.3 is 0 Å². The Balaban J connectivity index is 2.51. The van der Waals surface area contributed by atoms with E-state index in [1.165, 1.54) is 11.1 Å². The zero-order valence-electron chi connectivity index (χ0n) is 9.25. The van der Waals surface area contributed by atoms with Gasteiger partial charge in [-0.15, -0.1) is 0 Å². The molecule has 0 unspecified atom stereocenters. The molecule has 4 N–H and O–H groups in total. The van der Waals surface area contributed by atoms with Crippen LogP contribution in [0.25, 0.3) is 0 Å². The van der Waals surface area contributed by atoms with Crippen LogP contribution < -0.4 is 16.6 Å². The van der Waals surface area contributed by atoms with E-state index in [2.05, 4.69) is 46.9 Å². The van der Waals surface area contributed by atoms with Crippen molar-refractivity contribution >= 4 is 5.96 Å². The van der Waals surface area contributed by atoms with Gasteiger partial charge in [-0.3, -0.25) is 10.4 Å². The Morgan fingerprint density at radius 1 is 1.27 bits per heavy atom. The van der Waals surface area contributed by atoms with Crippen LogP contribution in [0, 0.1) is 0 Å². The van der Waals surface area contributed by atoms with Crippen molar-refractivity contribution in [2.45, 2.75) is 19.9 Å². The fourth-order valence-electron chi connectivity index (χ4n) is 1.27. The molecule has 0 saturated heterocycles. The molecule has 0 atom stereocenters. The van der Waals surface area contributed by atoms with Gasteiger partial charge in [0.05, 0.1) is 0 Å². The Labute approximate surface area is 90.6 Å². The first-order valence-electron chi connectivity index (χ1n) is 5.05. The maximum absolute atomic E-state index is 5.25. The first-order valence-corrected chi connectivity index (χ1v) is 5.05. The van der Waals surface area contributed by atoms with Crippen LogP contribution in [-0.4, -0.2) is 13.0 Å². The number of hydrazine groups is 1. The first kappa shape index (κ1) is 11.5. The van der Waals surface area contributed by atoms with Crippen LogP contribution >= 0.6 is 0 Å². The van der Waals surface area contributed by atoms with Crippen molar-refractivity contribution < 1.29 is 0 Å². The SMILES string of the molecule is CCc1ccc(CNC(=NC)NN)cc1. The highest BCUT2D eigenvalue weighted by Gasteiger charge is 1.95. The first-order chi connectivity index (χ1) is 7.30.